The van der Waals surface area contributed by atoms with Crippen LogP contribution in [-0.2, 0) is 0 Å². The second kappa shape index (κ2) is 7.96. The first-order valence-corrected chi connectivity index (χ1v) is 9.75. The van der Waals surface area contributed by atoms with Crippen LogP contribution in [0.1, 0.15) is 23.2 Å². The molecule has 0 saturated carbocycles. The van der Waals surface area contributed by atoms with E-state index in [9.17, 15) is 4.79 Å². The van der Waals surface area contributed by atoms with Crippen molar-refractivity contribution in [3.05, 3.63) is 48.2 Å². The molecule has 142 valence electrons. The van der Waals surface area contributed by atoms with Gasteiger partial charge in [-0.25, -0.2) is 4.98 Å². The van der Waals surface area contributed by atoms with Gasteiger partial charge in [-0.3, -0.25) is 4.79 Å². The highest BCUT2D eigenvalue weighted by Crippen LogP contribution is 2.22. The van der Waals surface area contributed by atoms with Gasteiger partial charge in [0.25, 0.3) is 5.91 Å². The maximum absolute atomic E-state index is 12.6. The number of likely N-dealkylation sites (N-methyl/N-ethyl adjacent to an activating group) is 1. The largest absolute Gasteiger partial charge is 0.369 e. The van der Waals surface area contributed by atoms with Gasteiger partial charge in [0.15, 0.2) is 0 Å². The molecule has 0 aliphatic carbocycles. The fraction of sp³-hybridized carbons (Fsp3) is 0.429. The molecule has 4 rings (SSSR count). The fourth-order valence-electron chi connectivity index (χ4n) is 3.70. The number of aromatic nitrogens is 1. The van der Waals surface area contributed by atoms with Crippen molar-refractivity contribution >= 4 is 23.1 Å². The molecular formula is C21H27N5O. The van der Waals surface area contributed by atoms with Gasteiger partial charge < -0.3 is 20.0 Å². The van der Waals surface area contributed by atoms with E-state index in [-0.39, 0.29) is 5.91 Å². The first kappa shape index (κ1) is 17.8. The van der Waals surface area contributed by atoms with Crippen molar-refractivity contribution in [2.45, 2.75) is 12.8 Å². The summed E-state index contributed by atoms with van der Waals surface area (Å²) >= 11 is 0. The van der Waals surface area contributed by atoms with Gasteiger partial charge in [-0.05, 0) is 56.3 Å². The first-order valence-electron chi connectivity index (χ1n) is 9.75. The molecule has 0 bridgehead atoms. The zero-order valence-corrected chi connectivity index (χ0v) is 15.9. The van der Waals surface area contributed by atoms with Crippen molar-refractivity contribution in [1.82, 2.24) is 14.8 Å². The van der Waals surface area contributed by atoms with Crippen molar-refractivity contribution in [2.24, 2.45) is 0 Å². The molecule has 1 N–H and O–H groups in total. The van der Waals surface area contributed by atoms with Gasteiger partial charge >= 0.3 is 0 Å². The Kier molecular flexibility index (Phi) is 5.25. The molecule has 6 nitrogen and oxygen atoms in total. The zero-order valence-electron chi connectivity index (χ0n) is 15.9. The Morgan fingerprint density at radius 1 is 0.963 bits per heavy atom. The molecule has 1 aromatic carbocycles. The molecule has 1 amide bonds. The maximum Gasteiger partial charge on any atom is 0.254 e. The summed E-state index contributed by atoms with van der Waals surface area (Å²) in [5.74, 6) is 0.802. The van der Waals surface area contributed by atoms with Crippen LogP contribution in [0.25, 0.3) is 0 Å². The molecule has 2 aliphatic rings. The van der Waals surface area contributed by atoms with E-state index in [0.29, 0.717) is 11.4 Å². The van der Waals surface area contributed by atoms with Gasteiger partial charge in [0.2, 0.25) is 0 Å². The van der Waals surface area contributed by atoms with Crippen LogP contribution in [0.4, 0.5) is 17.2 Å². The number of nitrogens with one attached hydrogen (secondary N) is 1. The van der Waals surface area contributed by atoms with E-state index in [1.165, 1.54) is 5.69 Å². The van der Waals surface area contributed by atoms with Crippen molar-refractivity contribution in [3.63, 3.8) is 0 Å². The molecular weight excluding hydrogens is 338 g/mol. The van der Waals surface area contributed by atoms with E-state index in [0.717, 1.165) is 57.8 Å². The third-order valence-electron chi connectivity index (χ3n) is 5.41. The lowest BCUT2D eigenvalue weighted by atomic mass is 10.2. The normalized spacial score (nSPS) is 18.0. The number of rotatable bonds is 4. The van der Waals surface area contributed by atoms with Gasteiger partial charge in [0.05, 0.1) is 0 Å². The minimum atomic E-state index is 0.100. The second-order valence-corrected chi connectivity index (χ2v) is 7.39. The Hall–Kier alpha value is -2.60. The molecule has 2 aromatic rings. The van der Waals surface area contributed by atoms with Crippen molar-refractivity contribution in [3.8, 4) is 0 Å². The van der Waals surface area contributed by atoms with Crippen molar-refractivity contribution in [1.29, 1.82) is 0 Å². The van der Waals surface area contributed by atoms with Gasteiger partial charge in [-0.2, -0.15) is 0 Å². The zero-order chi connectivity index (χ0) is 18.6. The molecule has 0 atom stereocenters. The van der Waals surface area contributed by atoms with Crippen LogP contribution < -0.4 is 10.2 Å². The molecule has 0 spiro atoms. The number of benzene rings is 1. The number of likely N-dealkylation sites (tertiary alicyclic amines) is 1. The minimum Gasteiger partial charge on any atom is -0.369 e. The van der Waals surface area contributed by atoms with E-state index in [2.05, 4.69) is 51.4 Å². The lowest BCUT2D eigenvalue weighted by Gasteiger charge is -2.34. The molecule has 2 fully saturated rings. The standard InChI is InChI=1S/C21H27N5O/c1-24-12-14-25(15-13-24)19-6-4-18(5-7-19)23-20-16-17(8-9-22-20)21(27)26-10-2-3-11-26/h4-9,16H,2-3,10-15H2,1H3,(H,22,23). The molecule has 1 aromatic heterocycles. The predicted molar refractivity (Wildman–Crippen MR) is 109 cm³/mol. The Morgan fingerprint density at radius 3 is 2.37 bits per heavy atom. The summed E-state index contributed by atoms with van der Waals surface area (Å²) < 4.78 is 0. The molecule has 2 aliphatic heterocycles. The Labute approximate surface area is 160 Å². The summed E-state index contributed by atoms with van der Waals surface area (Å²) in [6, 6.07) is 12.1. The Bertz CT molecular complexity index is 777. The lowest BCUT2D eigenvalue weighted by Crippen LogP contribution is -2.44. The molecule has 27 heavy (non-hydrogen) atoms. The Balaban J connectivity index is 1.41. The second-order valence-electron chi connectivity index (χ2n) is 7.39. The third-order valence-corrected chi connectivity index (χ3v) is 5.41. The summed E-state index contributed by atoms with van der Waals surface area (Å²) in [6.07, 6.45) is 3.90. The van der Waals surface area contributed by atoms with Gasteiger partial charge in [-0.15, -0.1) is 0 Å². The molecule has 2 saturated heterocycles. The topological polar surface area (TPSA) is 51.7 Å². The number of amides is 1. The highest BCUT2D eigenvalue weighted by atomic mass is 16.2. The average Bonchev–Trinajstić information content (AvgIpc) is 3.24. The van der Waals surface area contributed by atoms with Crippen molar-refractivity contribution in [2.75, 3.05) is 56.5 Å². The summed E-state index contributed by atoms with van der Waals surface area (Å²) in [4.78, 5) is 23.6. The number of hydrogen-bond acceptors (Lipinski definition) is 5. The van der Waals surface area contributed by atoms with Crippen molar-refractivity contribution < 1.29 is 4.79 Å². The summed E-state index contributed by atoms with van der Waals surface area (Å²) in [7, 11) is 2.17. The van der Waals surface area contributed by atoms with E-state index in [1.54, 1.807) is 12.3 Å². The SMILES string of the molecule is CN1CCN(c2ccc(Nc3cc(C(=O)N4CCCC4)ccn3)cc2)CC1. The molecule has 6 heteroatoms. The van der Waals surface area contributed by atoms with Gasteiger partial charge in [-0.1, -0.05) is 0 Å². The number of pyridine rings is 1. The van der Waals surface area contributed by atoms with Gasteiger partial charge in [0, 0.05) is 62.4 Å². The smallest absolute Gasteiger partial charge is 0.254 e. The summed E-state index contributed by atoms with van der Waals surface area (Å²) in [5.41, 5.74) is 2.93. The van der Waals surface area contributed by atoms with E-state index < -0.39 is 0 Å². The van der Waals surface area contributed by atoms with Crippen LogP contribution in [0.2, 0.25) is 0 Å². The lowest BCUT2D eigenvalue weighted by molar-refractivity contribution is 0.0793. The van der Waals surface area contributed by atoms with E-state index in [1.807, 2.05) is 11.0 Å². The highest BCUT2D eigenvalue weighted by molar-refractivity contribution is 5.95. The fourth-order valence-corrected chi connectivity index (χ4v) is 3.70. The van der Waals surface area contributed by atoms with Crippen LogP contribution in [0, 0.1) is 0 Å². The first-order chi connectivity index (χ1) is 13.2. The number of carbonyl (C=O) groups is 1. The van der Waals surface area contributed by atoms with E-state index >= 15 is 0 Å². The van der Waals surface area contributed by atoms with Crippen LogP contribution in [0.15, 0.2) is 42.6 Å². The van der Waals surface area contributed by atoms with Crippen LogP contribution in [-0.4, -0.2) is 67.0 Å². The van der Waals surface area contributed by atoms with Gasteiger partial charge in [0.1, 0.15) is 5.82 Å². The van der Waals surface area contributed by atoms with Crippen LogP contribution in [0.3, 0.4) is 0 Å². The van der Waals surface area contributed by atoms with E-state index in [4.69, 9.17) is 0 Å². The number of anilines is 3. The minimum absolute atomic E-state index is 0.100. The predicted octanol–water partition coefficient (Wildman–Crippen LogP) is 2.81. The Morgan fingerprint density at radius 2 is 1.67 bits per heavy atom. The number of nitrogens with zero attached hydrogens (tertiary/aromatic N) is 4. The quantitative estimate of drug-likeness (QED) is 0.903. The summed E-state index contributed by atoms with van der Waals surface area (Å²) in [6.45, 7) is 6.04. The maximum atomic E-state index is 12.6. The number of piperazine rings is 1. The molecule has 0 radical (unpaired) electrons. The third kappa shape index (κ3) is 4.22. The molecule has 0 unspecified atom stereocenters. The number of hydrogen-bond donors (Lipinski definition) is 1. The molecule has 3 heterocycles. The monoisotopic (exact) mass is 365 g/mol. The highest BCUT2D eigenvalue weighted by Gasteiger charge is 2.20. The van der Waals surface area contributed by atoms with Crippen LogP contribution >= 0.6 is 0 Å². The summed E-state index contributed by atoms with van der Waals surface area (Å²) in [5, 5.41) is 3.32. The average molecular weight is 365 g/mol. The van der Waals surface area contributed by atoms with Crippen LogP contribution in [0.5, 0.6) is 0 Å². The number of carbonyl (C=O) groups excluding carboxylic acids is 1.